The average Bonchev–Trinajstić information content (AvgIpc) is 2.87. The molecule has 0 radical (unpaired) electrons. The number of aromatic hydroxyl groups is 1. The minimum atomic E-state index is -1.27. The average molecular weight is 301 g/mol. The Labute approximate surface area is 126 Å². The number of aromatic carboxylic acids is 1. The number of amides is 1. The molecule has 0 aliphatic carbocycles. The van der Waals surface area contributed by atoms with Crippen LogP contribution in [0.1, 0.15) is 28.8 Å². The van der Waals surface area contributed by atoms with E-state index in [4.69, 9.17) is 9.52 Å². The molecule has 0 saturated heterocycles. The van der Waals surface area contributed by atoms with Crippen LogP contribution in [0.4, 0.5) is 5.69 Å². The Morgan fingerprint density at radius 3 is 2.55 bits per heavy atom. The number of hydrogen-bond donors (Lipinski definition) is 3. The van der Waals surface area contributed by atoms with Crippen molar-refractivity contribution in [1.82, 2.24) is 0 Å². The first kappa shape index (κ1) is 15.4. The number of carboxylic acids is 1. The van der Waals surface area contributed by atoms with Gasteiger partial charge in [-0.3, -0.25) is 4.79 Å². The fraction of sp³-hybridized carbons (Fsp3) is 0.125. The molecule has 0 aliphatic heterocycles. The highest BCUT2D eigenvalue weighted by atomic mass is 16.4. The van der Waals surface area contributed by atoms with Crippen LogP contribution in [0.3, 0.4) is 0 Å². The molecule has 114 valence electrons. The smallest absolute Gasteiger partial charge is 0.339 e. The van der Waals surface area contributed by atoms with Gasteiger partial charge in [0.25, 0.3) is 0 Å². The van der Waals surface area contributed by atoms with E-state index in [1.54, 1.807) is 26.0 Å². The maximum atomic E-state index is 11.9. The van der Waals surface area contributed by atoms with Gasteiger partial charge in [-0.2, -0.15) is 0 Å². The van der Waals surface area contributed by atoms with Gasteiger partial charge in [0.15, 0.2) is 0 Å². The van der Waals surface area contributed by atoms with E-state index < -0.39 is 11.9 Å². The van der Waals surface area contributed by atoms with Crippen LogP contribution in [0.15, 0.2) is 40.8 Å². The van der Waals surface area contributed by atoms with Crippen LogP contribution in [0.2, 0.25) is 0 Å². The number of benzene rings is 1. The molecule has 0 fully saturated rings. The fourth-order valence-electron chi connectivity index (χ4n) is 1.88. The summed E-state index contributed by atoms with van der Waals surface area (Å²) in [6.45, 7) is 3.54. The molecule has 1 amide bonds. The summed E-state index contributed by atoms with van der Waals surface area (Å²) >= 11 is 0. The summed E-state index contributed by atoms with van der Waals surface area (Å²) < 4.78 is 5.40. The molecule has 6 heteroatoms. The molecule has 2 rings (SSSR count). The van der Waals surface area contributed by atoms with Gasteiger partial charge in [-0.05, 0) is 49.8 Å². The number of carboxylic acid groups (broad SMARTS) is 1. The Balaban J connectivity index is 2.15. The van der Waals surface area contributed by atoms with Gasteiger partial charge in [-0.15, -0.1) is 0 Å². The van der Waals surface area contributed by atoms with Gasteiger partial charge >= 0.3 is 5.97 Å². The Morgan fingerprint density at radius 1 is 1.23 bits per heavy atom. The number of rotatable bonds is 4. The lowest BCUT2D eigenvalue weighted by molar-refractivity contribution is -0.111. The number of nitrogens with one attached hydrogen (secondary N) is 1. The van der Waals surface area contributed by atoms with E-state index in [0.717, 1.165) is 5.76 Å². The molecular weight excluding hydrogens is 286 g/mol. The van der Waals surface area contributed by atoms with Crippen molar-refractivity contribution in [2.45, 2.75) is 13.8 Å². The molecule has 2 aromatic rings. The predicted molar refractivity (Wildman–Crippen MR) is 80.8 cm³/mol. The van der Waals surface area contributed by atoms with E-state index in [-0.39, 0.29) is 17.0 Å². The van der Waals surface area contributed by atoms with Crippen LogP contribution in [0, 0.1) is 6.92 Å². The molecule has 0 unspecified atom stereocenters. The standard InChI is InChI=1S/C16H15NO5/c1-9(14-6-3-10(2)22-14)7-15(19)17-11-4-5-13(18)12(8-11)16(20)21/h3-8,18H,1-2H3,(H,17,19)(H,20,21). The van der Waals surface area contributed by atoms with Crippen molar-refractivity contribution < 1.29 is 24.2 Å². The van der Waals surface area contributed by atoms with Crippen LogP contribution < -0.4 is 5.32 Å². The SMILES string of the molecule is CC(=CC(=O)Nc1ccc(O)c(C(=O)O)c1)c1ccc(C)o1. The predicted octanol–water partition coefficient (Wildman–Crippen LogP) is 3.03. The zero-order valence-electron chi connectivity index (χ0n) is 12.1. The summed E-state index contributed by atoms with van der Waals surface area (Å²) in [5, 5.41) is 20.9. The quantitative estimate of drug-likeness (QED) is 0.595. The Bertz CT molecular complexity index is 758. The topological polar surface area (TPSA) is 99.8 Å². The van der Waals surface area contributed by atoms with Crippen LogP contribution in [-0.2, 0) is 4.79 Å². The van der Waals surface area contributed by atoms with E-state index in [1.165, 1.54) is 24.3 Å². The highest BCUT2D eigenvalue weighted by Crippen LogP contribution is 2.22. The number of anilines is 1. The summed E-state index contributed by atoms with van der Waals surface area (Å²) in [7, 11) is 0. The Hall–Kier alpha value is -3.02. The highest BCUT2D eigenvalue weighted by Gasteiger charge is 2.11. The lowest BCUT2D eigenvalue weighted by Gasteiger charge is -2.05. The second-order valence-corrected chi connectivity index (χ2v) is 4.76. The van der Waals surface area contributed by atoms with Gasteiger partial charge in [0.2, 0.25) is 5.91 Å². The first-order valence-corrected chi connectivity index (χ1v) is 6.49. The van der Waals surface area contributed by atoms with E-state index in [9.17, 15) is 14.7 Å². The third-order valence-electron chi connectivity index (χ3n) is 2.97. The van der Waals surface area contributed by atoms with E-state index in [2.05, 4.69) is 5.32 Å². The van der Waals surface area contributed by atoms with Gasteiger partial charge in [-0.1, -0.05) is 0 Å². The third kappa shape index (κ3) is 3.54. The summed E-state index contributed by atoms with van der Waals surface area (Å²) in [6.07, 6.45) is 1.35. The maximum Gasteiger partial charge on any atom is 0.339 e. The van der Waals surface area contributed by atoms with Crippen molar-refractivity contribution in [2.75, 3.05) is 5.32 Å². The maximum absolute atomic E-state index is 11.9. The third-order valence-corrected chi connectivity index (χ3v) is 2.97. The van der Waals surface area contributed by atoms with Crippen LogP contribution >= 0.6 is 0 Å². The largest absolute Gasteiger partial charge is 0.507 e. The number of carbonyl (C=O) groups excluding carboxylic acids is 1. The summed E-state index contributed by atoms with van der Waals surface area (Å²) in [4.78, 5) is 22.9. The highest BCUT2D eigenvalue weighted by molar-refractivity contribution is 6.04. The molecule has 6 nitrogen and oxygen atoms in total. The Kier molecular flexibility index (Phi) is 4.31. The number of aryl methyl sites for hydroxylation is 1. The van der Waals surface area contributed by atoms with Crippen LogP contribution in [-0.4, -0.2) is 22.1 Å². The van der Waals surface area contributed by atoms with Crippen LogP contribution in [0.5, 0.6) is 5.75 Å². The van der Waals surface area contributed by atoms with E-state index in [1.807, 2.05) is 0 Å². The first-order chi connectivity index (χ1) is 10.4. The van der Waals surface area contributed by atoms with E-state index in [0.29, 0.717) is 11.3 Å². The minimum Gasteiger partial charge on any atom is -0.507 e. The minimum absolute atomic E-state index is 0.278. The second kappa shape index (κ2) is 6.17. The van der Waals surface area contributed by atoms with Crippen molar-refractivity contribution in [3.8, 4) is 5.75 Å². The molecule has 1 aromatic carbocycles. The molecule has 1 heterocycles. The first-order valence-electron chi connectivity index (χ1n) is 6.49. The van der Waals surface area contributed by atoms with Crippen molar-refractivity contribution in [2.24, 2.45) is 0 Å². The lowest BCUT2D eigenvalue weighted by atomic mass is 10.1. The Morgan fingerprint density at radius 2 is 1.95 bits per heavy atom. The molecule has 0 saturated carbocycles. The van der Waals surface area contributed by atoms with Gasteiger partial charge in [0.05, 0.1) is 0 Å². The lowest BCUT2D eigenvalue weighted by Crippen LogP contribution is -2.09. The monoisotopic (exact) mass is 301 g/mol. The van der Waals surface area contributed by atoms with Gasteiger partial charge in [0.1, 0.15) is 22.8 Å². The number of phenols is 1. The van der Waals surface area contributed by atoms with Crippen molar-refractivity contribution in [1.29, 1.82) is 0 Å². The van der Waals surface area contributed by atoms with Gasteiger partial charge in [0, 0.05) is 11.8 Å². The molecule has 0 atom stereocenters. The molecule has 0 aliphatic rings. The van der Waals surface area contributed by atoms with Gasteiger partial charge in [-0.25, -0.2) is 4.79 Å². The number of allylic oxidation sites excluding steroid dienone is 1. The molecule has 1 aromatic heterocycles. The van der Waals surface area contributed by atoms with Crippen molar-refractivity contribution in [3.63, 3.8) is 0 Å². The summed E-state index contributed by atoms with van der Waals surface area (Å²) in [6, 6.07) is 7.38. The fourth-order valence-corrected chi connectivity index (χ4v) is 1.88. The second-order valence-electron chi connectivity index (χ2n) is 4.76. The molecule has 0 bridgehead atoms. The number of hydrogen-bond acceptors (Lipinski definition) is 4. The van der Waals surface area contributed by atoms with E-state index >= 15 is 0 Å². The zero-order chi connectivity index (χ0) is 16.3. The van der Waals surface area contributed by atoms with Crippen molar-refractivity contribution in [3.05, 3.63) is 53.5 Å². The van der Waals surface area contributed by atoms with Gasteiger partial charge < -0.3 is 19.9 Å². The molecule has 22 heavy (non-hydrogen) atoms. The van der Waals surface area contributed by atoms with Crippen molar-refractivity contribution >= 4 is 23.1 Å². The number of carbonyl (C=O) groups is 2. The molecule has 3 N–H and O–H groups in total. The zero-order valence-corrected chi connectivity index (χ0v) is 12.1. The summed E-state index contributed by atoms with van der Waals surface area (Å²) in [5.74, 6) is -0.722. The summed E-state index contributed by atoms with van der Waals surface area (Å²) in [5.41, 5.74) is 0.642. The molecular formula is C16H15NO5. The number of furan rings is 1. The molecule has 0 spiro atoms. The van der Waals surface area contributed by atoms with Crippen LogP contribution in [0.25, 0.3) is 5.57 Å². The normalized spacial score (nSPS) is 11.3.